The second kappa shape index (κ2) is 9.66. The summed E-state index contributed by atoms with van der Waals surface area (Å²) in [4.78, 5) is 28.9. The largest absolute Gasteiger partial charge is 0.491 e. The van der Waals surface area contributed by atoms with Gasteiger partial charge in [0.1, 0.15) is 18.2 Å². The fraction of sp³-hybridized carbons (Fsp3) is 0.391. The van der Waals surface area contributed by atoms with Crippen molar-refractivity contribution in [3.05, 3.63) is 64.4 Å². The van der Waals surface area contributed by atoms with Crippen LogP contribution in [0.5, 0.6) is 5.75 Å². The lowest BCUT2D eigenvalue weighted by Gasteiger charge is -2.27. The first-order chi connectivity index (χ1) is 15.0. The van der Waals surface area contributed by atoms with Crippen LogP contribution in [0.15, 0.2) is 42.5 Å². The first-order valence-corrected chi connectivity index (χ1v) is 10.8. The number of hydrogen-bond acceptors (Lipinski definition) is 4. The average molecular weight is 447 g/mol. The van der Waals surface area contributed by atoms with E-state index in [1.165, 1.54) is 18.2 Å². The van der Waals surface area contributed by atoms with E-state index in [9.17, 15) is 14.0 Å². The molecule has 0 saturated carbocycles. The highest BCUT2D eigenvalue weighted by molar-refractivity contribution is 6.33. The standard InChI is InChI=1S/C23H24ClFN2O4/c24-21-8-5-17(25)14-20(21)23(29)27-9-1-2-18(27)15-31-19-6-3-16(4-7-19)22(28)26-10-12-30-13-11-26/h3-8,14,18H,1-2,9-13,15H2/t18-/m0/s1. The molecule has 2 amide bonds. The number of carbonyl (C=O) groups is 2. The number of likely N-dealkylation sites (tertiary alicyclic amines) is 1. The third-order valence-corrected chi connectivity index (χ3v) is 5.97. The summed E-state index contributed by atoms with van der Waals surface area (Å²) >= 11 is 6.10. The van der Waals surface area contributed by atoms with Crippen LogP contribution in [-0.4, -0.2) is 67.1 Å². The lowest BCUT2D eigenvalue weighted by atomic mass is 10.1. The molecule has 0 aromatic heterocycles. The van der Waals surface area contributed by atoms with Gasteiger partial charge in [0.15, 0.2) is 0 Å². The number of nitrogens with zero attached hydrogens (tertiary/aromatic N) is 2. The molecule has 0 bridgehead atoms. The molecule has 2 heterocycles. The van der Waals surface area contributed by atoms with Crippen LogP contribution in [0.1, 0.15) is 33.6 Å². The molecule has 0 radical (unpaired) electrons. The summed E-state index contributed by atoms with van der Waals surface area (Å²) in [6.07, 6.45) is 1.64. The topological polar surface area (TPSA) is 59.1 Å². The van der Waals surface area contributed by atoms with Gasteiger partial charge in [-0.1, -0.05) is 11.6 Å². The number of benzene rings is 2. The lowest BCUT2D eigenvalue weighted by molar-refractivity contribution is 0.0303. The number of halogens is 2. The molecule has 6 nitrogen and oxygen atoms in total. The second-order valence-corrected chi connectivity index (χ2v) is 8.07. The average Bonchev–Trinajstić information content (AvgIpc) is 3.28. The Labute approximate surface area is 185 Å². The zero-order valence-electron chi connectivity index (χ0n) is 17.1. The maximum atomic E-state index is 13.6. The van der Waals surface area contributed by atoms with Gasteiger partial charge in [-0.15, -0.1) is 0 Å². The molecular weight excluding hydrogens is 423 g/mol. The van der Waals surface area contributed by atoms with Gasteiger partial charge in [0.05, 0.1) is 29.8 Å². The molecule has 8 heteroatoms. The Morgan fingerprint density at radius 3 is 2.55 bits per heavy atom. The highest BCUT2D eigenvalue weighted by atomic mass is 35.5. The molecule has 4 rings (SSSR count). The van der Waals surface area contributed by atoms with E-state index in [-0.39, 0.29) is 28.4 Å². The van der Waals surface area contributed by atoms with Gasteiger partial charge < -0.3 is 19.3 Å². The first-order valence-electron chi connectivity index (χ1n) is 10.4. The maximum absolute atomic E-state index is 13.6. The normalized spacial score (nSPS) is 18.8. The van der Waals surface area contributed by atoms with Gasteiger partial charge in [0, 0.05) is 25.2 Å². The van der Waals surface area contributed by atoms with Crippen LogP contribution in [0.4, 0.5) is 4.39 Å². The van der Waals surface area contributed by atoms with Crippen molar-refractivity contribution in [1.82, 2.24) is 9.80 Å². The molecule has 2 aliphatic rings. The minimum absolute atomic E-state index is 0.0191. The molecule has 2 saturated heterocycles. The van der Waals surface area contributed by atoms with Crippen molar-refractivity contribution in [3.8, 4) is 5.75 Å². The smallest absolute Gasteiger partial charge is 0.255 e. The van der Waals surface area contributed by atoms with Crippen molar-refractivity contribution in [1.29, 1.82) is 0 Å². The maximum Gasteiger partial charge on any atom is 0.255 e. The van der Waals surface area contributed by atoms with Crippen LogP contribution in [-0.2, 0) is 4.74 Å². The van der Waals surface area contributed by atoms with Crippen LogP contribution in [0.25, 0.3) is 0 Å². The molecule has 2 aliphatic heterocycles. The first kappa shape index (κ1) is 21.6. The monoisotopic (exact) mass is 446 g/mol. The van der Waals surface area contributed by atoms with Crippen LogP contribution in [0, 0.1) is 5.82 Å². The van der Waals surface area contributed by atoms with Crippen LogP contribution in [0.2, 0.25) is 5.02 Å². The van der Waals surface area contributed by atoms with Crippen molar-refractivity contribution in [3.63, 3.8) is 0 Å². The van der Waals surface area contributed by atoms with Gasteiger partial charge in [0.25, 0.3) is 11.8 Å². The molecule has 31 heavy (non-hydrogen) atoms. The van der Waals surface area contributed by atoms with Crippen molar-refractivity contribution < 1.29 is 23.5 Å². The van der Waals surface area contributed by atoms with Crippen molar-refractivity contribution in [2.24, 2.45) is 0 Å². The van der Waals surface area contributed by atoms with E-state index in [1.807, 2.05) is 0 Å². The minimum atomic E-state index is -0.494. The summed E-state index contributed by atoms with van der Waals surface area (Å²) in [5, 5.41) is 0.235. The van der Waals surface area contributed by atoms with Gasteiger partial charge in [-0.25, -0.2) is 4.39 Å². The Bertz CT molecular complexity index is 947. The van der Waals surface area contributed by atoms with E-state index >= 15 is 0 Å². The summed E-state index contributed by atoms with van der Waals surface area (Å²) in [5.74, 6) is -0.176. The number of amides is 2. The Hall–Kier alpha value is -2.64. The predicted octanol–water partition coefficient (Wildman–Crippen LogP) is 3.64. The molecule has 2 aromatic carbocycles. The second-order valence-electron chi connectivity index (χ2n) is 7.66. The van der Waals surface area contributed by atoms with Gasteiger partial charge in [-0.3, -0.25) is 9.59 Å². The number of carbonyl (C=O) groups excluding carboxylic acids is 2. The third-order valence-electron chi connectivity index (χ3n) is 5.64. The van der Waals surface area contributed by atoms with E-state index in [1.54, 1.807) is 34.1 Å². The van der Waals surface area contributed by atoms with E-state index in [2.05, 4.69) is 0 Å². The number of hydrogen-bond donors (Lipinski definition) is 0. The SMILES string of the molecule is O=C(c1ccc(OC[C@@H]2CCCN2C(=O)c2cc(F)ccc2Cl)cc1)N1CCOCC1. The molecule has 0 unspecified atom stereocenters. The van der Waals surface area contributed by atoms with Gasteiger partial charge >= 0.3 is 0 Å². The highest BCUT2D eigenvalue weighted by Gasteiger charge is 2.31. The van der Waals surface area contributed by atoms with Crippen LogP contribution < -0.4 is 4.74 Å². The zero-order chi connectivity index (χ0) is 21.8. The number of rotatable bonds is 5. The molecular formula is C23H24ClFN2O4. The summed E-state index contributed by atoms with van der Waals surface area (Å²) in [7, 11) is 0. The van der Waals surface area contributed by atoms with Crippen LogP contribution >= 0.6 is 11.6 Å². The van der Waals surface area contributed by atoms with E-state index in [4.69, 9.17) is 21.1 Å². The molecule has 1 atom stereocenters. The molecule has 0 spiro atoms. The predicted molar refractivity (Wildman–Crippen MR) is 114 cm³/mol. The zero-order valence-corrected chi connectivity index (χ0v) is 17.8. The quantitative estimate of drug-likeness (QED) is 0.703. The number of morpholine rings is 1. The Morgan fingerprint density at radius 1 is 1.06 bits per heavy atom. The molecule has 0 N–H and O–H groups in total. The van der Waals surface area contributed by atoms with Gasteiger partial charge in [-0.2, -0.15) is 0 Å². The van der Waals surface area contributed by atoms with Crippen molar-refractivity contribution in [2.45, 2.75) is 18.9 Å². The fourth-order valence-electron chi connectivity index (χ4n) is 3.93. The van der Waals surface area contributed by atoms with Crippen LogP contribution in [0.3, 0.4) is 0 Å². The molecule has 164 valence electrons. The minimum Gasteiger partial charge on any atom is -0.491 e. The number of ether oxygens (including phenoxy) is 2. The summed E-state index contributed by atoms with van der Waals surface area (Å²) in [6.45, 7) is 3.20. The van der Waals surface area contributed by atoms with Gasteiger partial charge in [0.2, 0.25) is 0 Å². The molecule has 0 aliphatic carbocycles. The summed E-state index contributed by atoms with van der Waals surface area (Å²) in [5.41, 5.74) is 0.771. The summed E-state index contributed by atoms with van der Waals surface area (Å²) < 4.78 is 24.8. The molecule has 2 fully saturated rings. The van der Waals surface area contributed by atoms with E-state index < -0.39 is 5.82 Å². The van der Waals surface area contributed by atoms with E-state index in [0.717, 1.165) is 12.8 Å². The Kier molecular flexibility index (Phi) is 6.73. The van der Waals surface area contributed by atoms with Crippen molar-refractivity contribution in [2.75, 3.05) is 39.5 Å². The molecule has 2 aromatic rings. The van der Waals surface area contributed by atoms with E-state index in [0.29, 0.717) is 50.8 Å². The lowest BCUT2D eigenvalue weighted by Crippen LogP contribution is -2.40. The van der Waals surface area contributed by atoms with Gasteiger partial charge in [-0.05, 0) is 55.3 Å². The highest BCUT2D eigenvalue weighted by Crippen LogP contribution is 2.25. The third kappa shape index (κ3) is 4.99. The Morgan fingerprint density at radius 2 is 1.81 bits per heavy atom. The van der Waals surface area contributed by atoms with Crippen molar-refractivity contribution >= 4 is 23.4 Å². The fourth-order valence-corrected chi connectivity index (χ4v) is 4.13. The summed E-state index contributed by atoms with van der Waals surface area (Å²) in [6, 6.07) is 10.7. The Balaban J connectivity index is 1.36.